The van der Waals surface area contributed by atoms with Crippen LogP contribution in [0.15, 0.2) is 72.9 Å². The normalized spacial score (nSPS) is 24.5. The summed E-state index contributed by atoms with van der Waals surface area (Å²) in [4.78, 5) is 10.7. The van der Waals surface area contributed by atoms with Crippen molar-refractivity contribution >= 4 is 25.1 Å². The Labute approximate surface area is 216 Å². The Balaban J connectivity index is 0.000000283. The van der Waals surface area contributed by atoms with Crippen LogP contribution in [0.2, 0.25) is 5.32 Å². The van der Waals surface area contributed by atoms with Crippen LogP contribution in [-0.2, 0) is 9.47 Å². The van der Waals surface area contributed by atoms with Gasteiger partial charge in [0.2, 0.25) is 0 Å². The number of nitro groups is 1. The third kappa shape index (κ3) is 9.17. The first-order valence-electron chi connectivity index (χ1n) is 11.9. The number of para-hydroxylation sites is 1. The first-order valence-corrected chi connectivity index (χ1v) is 14.0. The maximum atomic E-state index is 11.0. The summed E-state index contributed by atoms with van der Waals surface area (Å²) in [5, 5.41) is 20.5. The average Bonchev–Trinajstić information content (AvgIpc) is 3.72. The SMILES string of the molecule is C=C(C)C[C@]1([C@H](C)/C=C/CO)CO1.C=C(C)C[C@]1([C@H](C)/C=C/C[Se]c2ccccc2[N+](=O)[O-])CO1. The Morgan fingerprint density at radius 2 is 1.57 bits per heavy atom. The van der Waals surface area contributed by atoms with Crippen molar-refractivity contribution in [2.75, 3.05) is 19.8 Å². The van der Waals surface area contributed by atoms with Crippen LogP contribution in [0.5, 0.6) is 0 Å². The Hall–Kier alpha value is -2.02. The van der Waals surface area contributed by atoms with E-state index in [0.29, 0.717) is 11.8 Å². The molecule has 1 aromatic carbocycles. The van der Waals surface area contributed by atoms with Crippen molar-refractivity contribution in [2.24, 2.45) is 11.8 Å². The van der Waals surface area contributed by atoms with Crippen molar-refractivity contribution in [1.29, 1.82) is 0 Å². The van der Waals surface area contributed by atoms with E-state index in [9.17, 15) is 10.1 Å². The number of benzene rings is 1. The third-order valence-electron chi connectivity index (χ3n) is 6.24. The maximum absolute atomic E-state index is 11.0. The molecule has 7 heteroatoms. The summed E-state index contributed by atoms with van der Waals surface area (Å²) in [5.74, 6) is 0.696. The Morgan fingerprint density at radius 3 is 2.00 bits per heavy atom. The third-order valence-corrected chi connectivity index (χ3v) is 8.37. The number of rotatable bonds is 13. The van der Waals surface area contributed by atoms with Gasteiger partial charge in [0.15, 0.2) is 0 Å². The van der Waals surface area contributed by atoms with Crippen LogP contribution in [0.1, 0.15) is 40.5 Å². The minimum atomic E-state index is -0.302. The number of hydrogen-bond acceptors (Lipinski definition) is 5. The number of aliphatic hydroxyl groups excluding tert-OH is 1. The van der Waals surface area contributed by atoms with Crippen LogP contribution in [-0.4, -0.2) is 56.0 Å². The van der Waals surface area contributed by atoms with E-state index in [2.05, 4.69) is 39.2 Å². The quantitative estimate of drug-likeness (QED) is 0.121. The molecule has 3 rings (SSSR count). The van der Waals surface area contributed by atoms with Gasteiger partial charge in [-0.15, -0.1) is 6.58 Å². The van der Waals surface area contributed by atoms with E-state index in [0.717, 1.165) is 47.0 Å². The van der Waals surface area contributed by atoms with E-state index in [1.54, 1.807) is 18.2 Å². The van der Waals surface area contributed by atoms with E-state index in [1.807, 2.05) is 32.1 Å². The molecular formula is C28H39NO5Se. The molecule has 2 aliphatic rings. The van der Waals surface area contributed by atoms with Gasteiger partial charge in [-0.2, -0.15) is 0 Å². The molecule has 0 radical (unpaired) electrons. The molecule has 2 heterocycles. The fourth-order valence-corrected chi connectivity index (χ4v) is 5.79. The standard InChI is InChI=1S/C17H21NO3Se.C11H18O2/c1-13(2)11-17(12-21-17)14(3)7-6-10-22-16-9-5-4-8-15(16)18(19)20;1-9(2)7-11(8-13-11)10(3)5-4-6-12/h4-9,14H,1,10-12H2,2-3H3;4-5,10,12H,1,6-8H2,2-3H3/b7-6+;5-4+/t14-,17-;10-,11-/m11/s1. The molecule has 192 valence electrons. The van der Waals surface area contributed by atoms with Gasteiger partial charge in [-0.25, -0.2) is 0 Å². The van der Waals surface area contributed by atoms with E-state index in [-0.39, 0.29) is 43.4 Å². The molecule has 6 nitrogen and oxygen atoms in total. The second-order valence-electron chi connectivity index (χ2n) is 9.63. The first kappa shape index (κ1) is 29.2. The van der Waals surface area contributed by atoms with Crippen molar-refractivity contribution in [3.8, 4) is 0 Å². The molecule has 2 saturated heterocycles. The molecule has 0 unspecified atom stereocenters. The summed E-state index contributed by atoms with van der Waals surface area (Å²) in [6.07, 6.45) is 9.90. The van der Waals surface area contributed by atoms with E-state index in [4.69, 9.17) is 14.6 Å². The Bertz CT molecular complexity index is 946. The molecule has 1 N–H and O–H groups in total. The summed E-state index contributed by atoms with van der Waals surface area (Å²) in [6.45, 7) is 17.9. The van der Waals surface area contributed by atoms with Crippen molar-refractivity contribution in [2.45, 2.75) is 57.1 Å². The fourth-order valence-electron chi connectivity index (χ4n) is 4.00. The number of allylic oxidation sites excluding steroid dienone is 1. The second kappa shape index (κ2) is 13.3. The molecule has 1 aromatic rings. The average molecular weight is 549 g/mol. The number of nitrogens with zero attached hydrogens (tertiary/aromatic N) is 1. The van der Waals surface area contributed by atoms with E-state index in [1.165, 1.54) is 0 Å². The number of nitro benzene ring substituents is 1. The van der Waals surface area contributed by atoms with E-state index >= 15 is 0 Å². The molecular weight excluding hydrogens is 509 g/mol. The predicted octanol–water partition coefficient (Wildman–Crippen LogP) is 5.18. The van der Waals surface area contributed by atoms with Crippen molar-refractivity contribution in [3.05, 3.63) is 83.0 Å². The molecule has 2 fully saturated rings. The molecule has 0 saturated carbocycles. The van der Waals surface area contributed by atoms with Crippen molar-refractivity contribution in [1.82, 2.24) is 0 Å². The molecule has 35 heavy (non-hydrogen) atoms. The van der Waals surface area contributed by atoms with Gasteiger partial charge in [-0.1, -0.05) is 24.6 Å². The predicted molar refractivity (Wildman–Crippen MR) is 143 cm³/mol. The van der Waals surface area contributed by atoms with Crippen molar-refractivity contribution in [3.63, 3.8) is 0 Å². The van der Waals surface area contributed by atoms with Crippen LogP contribution in [0.3, 0.4) is 0 Å². The molecule has 0 bridgehead atoms. The van der Waals surface area contributed by atoms with Crippen LogP contribution in [0.4, 0.5) is 5.69 Å². The van der Waals surface area contributed by atoms with Crippen molar-refractivity contribution < 1.29 is 19.5 Å². The zero-order chi connectivity index (χ0) is 26.1. The number of epoxide rings is 2. The van der Waals surface area contributed by atoms with Gasteiger partial charge in [0, 0.05) is 5.92 Å². The summed E-state index contributed by atoms with van der Waals surface area (Å²) < 4.78 is 12.0. The fraction of sp³-hybridized carbons (Fsp3) is 0.500. The zero-order valence-electron chi connectivity index (χ0n) is 21.4. The summed E-state index contributed by atoms with van der Waals surface area (Å²) in [5.41, 5.74) is 2.45. The summed E-state index contributed by atoms with van der Waals surface area (Å²) in [6, 6.07) is 6.99. The van der Waals surface area contributed by atoms with Gasteiger partial charge in [-0.3, -0.25) is 0 Å². The summed E-state index contributed by atoms with van der Waals surface area (Å²) in [7, 11) is 0. The minimum absolute atomic E-state index is 0.0164. The Kier molecular flexibility index (Phi) is 11.1. The molecule has 0 aliphatic carbocycles. The molecule has 0 amide bonds. The monoisotopic (exact) mass is 549 g/mol. The van der Waals surface area contributed by atoms with Gasteiger partial charge in [-0.05, 0) is 13.3 Å². The second-order valence-corrected chi connectivity index (χ2v) is 11.9. The van der Waals surface area contributed by atoms with Gasteiger partial charge in [0.25, 0.3) is 0 Å². The molecule has 2 aliphatic heterocycles. The van der Waals surface area contributed by atoms with Gasteiger partial charge < -0.3 is 9.84 Å². The topological polar surface area (TPSA) is 88.4 Å². The molecule has 0 aromatic heterocycles. The van der Waals surface area contributed by atoms with Crippen LogP contribution >= 0.6 is 0 Å². The summed E-state index contributed by atoms with van der Waals surface area (Å²) >= 11 is 0.0752. The molecule has 0 spiro atoms. The zero-order valence-corrected chi connectivity index (χ0v) is 23.1. The van der Waals surface area contributed by atoms with Crippen LogP contribution in [0.25, 0.3) is 0 Å². The number of hydrogen-bond donors (Lipinski definition) is 1. The van der Waals surface area contributed by atoms with Gasteiger partial charge in [0.05, 0.1) is 13.2 Å². The molecule has 4 atom stereocenters. The van der Waals surface area contributed by atoms with Crippen LogP contribution in [0, 0.1) is 22.0 Å². The van der Waals surface area contributed by atoms with E-state index < -0.39 is 0 Å². The van der Waals surface area contributed by atoms with Gasteiger partial charge >= 0.3 is 137 Å². The number of ether oxygens (including phenoxy) is 2. The van der Waals surface area contributed by atoms with Crippen LogP contribution < -0.4 is 4.46 Å². The first-order chi connectivity index (χ1) is 16.5. The Morgan fingerprint density at radius 1 is 1.09 bits per heavy atom. The number of aliphatic hydroxyl groups is 1. The van der Waals surface area contributed by atoms with Gasteiger partial charge in [0.1, 0.15) is 5.60 Å².